The lowest BCUT2D eigenvalue weighted by Crippen LogP contribution is -2.28. The van der Waals surface area contributed by atoms with Gasteiger partial charge in [0.2, 0.25) is 0 Å². The van der Waals surface area contributed by atoms with Crippen LogP contribution in [-0.2, 0) is 13.0 Å². The van der Waals surface area contributed by atoms with Gasteiger partial charge >= 0.3 is 0 Å². The van der Waals surface area contributed by atoms with E-state index in [9.17, 15) is 0 Å². The maximum atomic E-state index is 3.48. The van der Waals surface area contributed by atoms with Crippen LogP contribution in [-0.4, -0.2) is 24.5 Å². The highest BCUT2D eigenvalue weighted by Crippen LogP contribution is 2.26. The Labute approximate surface area is 110 Å². The summed E-state index contributed by atoms with van der Waals surface area (Å²) in [7, 11) is 2.29. The first-order valence-electron chi connectivity index (χ1n) is 7.39. The quantitative estimate of drug-likeness (QED) is 0.876. The van der Waals surface area contributed by atoms with E-state index < -0.39 is 0 Å². The first-order chi connectivity index (χ1) is 8.83. The third kappa shape index (κ3) is 2.54. The van der Waals surface area contributed by atoms with Crippen LogP contribution in [0, 0.1) is 0 Å². The fourth-order valence-corrected chi connectivity index (χ4v) is 3.39. The van der Waals surface area contributed by atoms with Crippen LogP contribution in [0.2, 0.25) is 0 Å². The van der Waals surface area contributed by atoms with Gasteiger partial charge in [-0.25, -0.2) is 0 Å². The summed E-state index contributed by atoms with van der Waals surface area (Å²) in [6.07, 6.45) is 8.14. The molecule has 1 heterocycles. The number of aryl methyl sites for hydroxylation is 1. The highest BCUT2D eigenvalue weighted by atomic mass is 15.1. The molecular weight excluding hydrogens is 220 g/mol. The fourth-order valence-electron chi connectivity index (χ4n) is 3.39. The number of rotatable bonds is 3. The molecule has 0 amide bonds. The van der Waals surface area contributed by atoms with Crippen LogP contribution in [0.25, 0.3) is 0 Å². The summed E-state index contributed by atoms with van der Waals surface area (Å²) in [5.74, 6) is 0. The SMILES string of the molecule is CN(Cc1ccc2c(c1)CCCN2)C1CCCC1. The second-order valence-electron chi connectivity index (χ2n) is 5.88. The molecule has 1 N–H and O–H groups in total. The van der Waals surface area contributed by atoms with Crippen LogP contribution in [0.15, 0.2) is 18.2 Å². The Balaban J connectivity index is 1.68. The molecular formula is C16H24N2. The molecule has 0 unspecified atom stereocenters. The molecule has 0 radical (unpaired) electrons. The van der Waals surface area contributed by atoms with Gasteiger partial charge in [-0.1, -0.05) is 25.0 Å². The molecule has 0 saturated heterocycles. The maximum Gasteiger partial charge on any atom is 0.0372 e. The summed E-state index contributed by atoms with van der Waals surface area (Å²) in [4.78, 5) is 2.55. The highest BCUT2D eigenvalue weighted by molar-refractivity contribution is 5.54. The van der Waals surface area contributed by atoms with Crippen LogP contribution < -0.4 is 5.32 Å². The molecule has 0 spiro atoms. The van der Waals surface area contributed by atoms with Crippen molar-refractivity contribution in [3.05, 3.63) is 29.3 Å². The predicted molar refractivity (Wildman–Crippen MR) is 77.0 cm³/mol. The van der Waals surface area contributed by atoms with E-state index in [0.29, 0.717) is 0 Å². The molecule has 1 aliphatic carbocycles. The Morgan fingerprint density at radius 2 is 2.06 bits per heavy atom. The number of anilines is 1. The van der Waals surface area contributed by atoms with E-state index in [2.05, 4.69) is 35.5 Å². The van der Waals surface area contributed by atoms with E-state index in [1.807, 2.05) is 0 Å². The summed E-state index contributed by atoms with van der Waals surface area (Å²) in [6.45, 7) is 2.24. The number of benzene rings is 1. The largest absolute Gasteiger partial charge is 0.385 e. The zero-order valence-corrected chi connectivity index (χ0v) is 11.4. The van der Waals surface area contributed by atoms with Crippen molar-refractivity contribution in [3.8, 4) is 0 Å². The highest BCUT2D eigenvalue weighted by Gasteiger charge is 2.19. The van der Waals surface area contributed by atoms with Gasteiger partial charge in [0.15, 0.2) is 0 Å². The molecule has 1 saturated carbocycles. The minimum absolute atomic E-state index is 0.819. The molecule has 3 rings (SSSR count). The zero-order chi connectivity index (χ0) is 12.4. The molecule has 2 heteroatoms. The number of hydrogen-bond donors (Lipinski definition) is 1. The normalized spacial score (nSPS) is 19.9. The summed E-state index contributed by atoms with van der Waals surface area (Å²) >= 11 is 0. The first-order valence-corrected chi connectivity index (χ1v) is 7.39. The lowest BCUT2D eigenvalue weighted by molar-refractivity contribution is 0.237. The summed E-state index contributed by atoms with van der Waals surface area (Å²) < 4.78 is 0. The van der Waals surface area contributed by atoms with Crippen LogP contribution in [0.4, 0.5) is 5.69 Å². The van der Waals surface area contributed by atoms with Gasteiger partial charge in [-0.3, -0.25) is 4.90 Å². The zero-order valence-electron chi connectivity index (χ0n) is 11.4. The molecule has 98 valence electrons. The van der Waals surface area contributed by atoms with Gasteiger partial charge < -0.3 is 5.32 Å². The fraction of sp³-hybridized carbons (Fsp3) is 0.625. The molecule has 18 heavy (non-hydrogen) atoms. The van der Waals surface area contributed by atoms with Crippen molar-refractivity contribution in [1.29, 1.82) is 0 Å². The Kier molecular flexibility index (Phi) is 3.55. The minimum Gasteiger partial charge on any atom is -0.385 e. The van der Waals surface area contributed by atoms with Crippen molar-refractivity contribution in [2.24, 2.45) is 0 Å². The molecule has 1 aliphatic heterocycles. The van der Waals surface area contributed by atoms with Crippen molar-refractivity contribution >= 4 is 5.69 Å². The van der Waals surface area contributed by atoms with Crippen molar-refractivity contribution in [2.75, 3.05) is 18.9 Å². The van der Waals surface area contributed by atoms with Gasteiger partial charge in [-0.15, -0.1) is 0 Å². The Morgan fingerprint density at radius 3 is 2.89 bits per heavy atom. The molecule has 2 nitrogen and oxygen atoms in total. The molecule has 1 aromatic carbocycles. The second kappa shape index (κ2) is 5.31. The molecule has 1 aromatic rings. The van der Waals surface area contributed by atoms with E-state index in [1.54, 1.807) is 0 Å². The van der Waals surface area contributed by atoms with Crippen molar-refractivity contribution in [1.82, 2.24) is 4.90 Å². The summed E-state index contributed by atoms with van der Waals surface area (Å²) in [5, 5.41) is 3.48. The van der Waals surface area contributed by atoms with E-state index in [4.69, 9.17) is 0 Å². The Hall–Kier alpha value is -1.02. The summed E-state index contributed by atoms with van der Waals surface area (Å²) in [5.41, 5.74) is 4.35. The molecule has 0 atom stereocenters. The van der Waals surface area contributed by atoms with Crippen molar-refractivity contribution in [2.45, 2.75) is 51.1 Å². The average molecular weight is 244 g/mol. The molecule has 0 bridgehead atoms. The molecule has 2 aliphatic rings. The smallest absolute Gasteiger partial charge is 0.0372 e. The number of hydrogen-bond acceptors (Lipinski definition) is 2. The number of nitrogens with one attached hydrogen (secondary N) is 1. The Bertz CT molecular complexity index is 408. The van der Waals surface area contributed by atoms with Crippen LogP contribution in [0.3, 0.4) is 0 Å². The van der Waals surface area contributed by atoms with Crippen LogP contribution in [0.5, 0.6) is 0 Å². The first kappa shape index (κ1) is 12.0. The monoisotopic (exact) mass is 244 g/mol. The summed E-state index contributed by atoms with van der Waals surface area (Å²) in [6, 6.07) is 7.79. The van der Waals surface area contributed by atoms with Crippen LogP contribution in [0.1, 0.15) is 43.2 Å². The third-order valence-corrected chi connectivity index (χ3v) is 4.49. The lowest BCUT2D eigenvalue weighted by Gasteiger charge is -2.25. The number of nitrogens with zero attached hydrogens (tertiary/aromatic N) is 1. The number of fused-ring (bicyclic) bond motifs is 1. The van der Waals surface area contributed by atoms with E-state index in [1.165, 1.54) is 55.3 Å². The van der Waals surface area contributed by atoms with E-state index in [-0.39, 0.29) is 0 Å². The second-order valence-corrected chi connectivity index (χ2v) is 5.88. The molecule has 0 aromatic heterocycles. The average Bonchev–Trinajstić information content (AvgIpc) is 2.92. The van der Waals surface area contributed by atoms with Crippen molar-refractivity contribution < 1.29 is 0 Å². The third-order valence-electron chi connectivity index (χ3n) is 4.49. The van der Waals surface area contributed by atoms with E-state index >= 15 is 0 Å². The van der Waals surface area contributed by atoms with Crippen LogP contribution >= 0.6 is 0 Å². The van der Waals surface area contributed by atoms with Crippen molar-refractivity contribution in [3.63, 3.8) is 0 Å². The standard InChI is InChI=1S/C16H24N2/c1-18(15-6-2-3-7-15)12-13-8-9-16-14(11-13)5-4-10-17-16/h8-9,11,15,17H,2-7,10,12H2,1H3. The van der Waals surface area contributed by atoms with Gasteiger partial charge in [-0.05, 0) is 49.9 Å². The maximum absolute atomic E-state index is 3.48. The predicted octanol–water partition coefficient (Wildman–Crippen LogP) is 3.42. The van der Waals surface area contributed by atoms with Gasteiger partial charge in [0.05, 0.1) is 0 Å². The van der Waals surface area contributed by atoms with Gasteiger partial charge in [0.25, 0.3) is 0 Å². The lowest BCUT2D eigenvalue weighted by atomic mass is 10.0. The minimum atomic E-state index is 0.819. The van der Waals surface area contributed by atoms with Gasteiger partial charge in [0.1, 0.15) is 0 Å². The Morgan fingerprint density at radius 1 is 1.22 bits per heavy atom. The van der Waals surface area contributed by atoms with E-state index in [0.717, 1.165) is 19.1 Å². The molecule has 1 fully saturated rings. The van der Waals surface area contributed by atoms with Gasteiger partial charge in [0, 0.05) is 24.8 Å². The van der Waals surface area contributed by atoms with Gasteiger partial charge in [-0.2, -0.15) is 0 Å². The topological polar surface area (TPSA) is 15.3 Å².